The molecule has 1 unspecified atom stereocenters. The lowest BCUT2D eigenvalue weighted by molar-refractivity contribution is -0.117. The van der Waals surface area contributed by atoms with Crippen molar-refractivity contribution < 1.29 is 14.1 Å². The summed E-state index contributed by atoms with van der Waals surface area (Å²) < 4.78 is 12.5. The van der Waals surface area contributed by atoms with Crippen molar-refractivity contribution in [2.75, 3.05) is 5.75 Å². The number of rotatable bonds is 4. The minimum absolute atomic E-state index is 0.0485. The number of benzene rings is 1. The van der Waals surface area contributed by atoms with E-state index in [1.165, 1.54) is 12.2 Å². The number of ketones is 1. The molecular formula is C16H19BrO3S. The van der Waals surface area contributed by atoms with E-state index < -0.39 is 21.2 Å². The van der Waals surface area contributed by atoms with E-state index >= 15 is 0 Å². The minimum atomic E-state index is -1.31. The number of carbonyl (C=O) groups is 1. The maximum Gasteiger partial charge on any atom is 0.169 e. The highest BCUT2D eigenvalue weighted by atomic mass is 79.9. The molecule has 1 aromatic rings. The number of hydrogen-bond acceptors (Lipinski definition) is 3. The molecule has 0 saturated carbocycles. The van der Waals surface area contributed by atoms with E-state index in [1.807, 2.05) is 38.1 Å². The number of halogens is 1. The highest BCUT2D eigenvalue weighted by Crippen LogP contribution is 2.35. The molecule has 0 spiro atoms. The average Bonchev–Trinajstić information content (AvgIpc) is 2.44. The normalized spacial score (nSPS) is 30.4. The molecule has 4 atom stereocenters. The molecule has 0 saturated heterocycles. The van der Waals surface area contributed by atoms with Crippen LogP contribution < -0.4 is 0 Å². The third-order valence-electron chi connectivity index (χ3n) is 3.89. The van der Waals surface area contributed by atoms with Gasteiger partial charge in [-0.25, -0.2) is 0 Å². The predicted octanol–water partition coefficient (Wildman–Crippen LogP) is 2.76. The number of carbonyl (C=O) groups excluding carboxylic acids is 1. The van der Waals surface area contributed by atoms with Gasteiger partial charge in [0.15, 0.2) is 5.78 Å². The van der Waals surface area contributed by atoms with Crippen LogP contribution in [0, 0.1) is 12.8 Å². The number of allylic oxidation sites excluding steroid dienone is 1. The molecule has 0 fully saturated rings. The molecular weight excluding hydrogens is 352 g/mol. The number of hydrogen-bond donors (Lipinski definition) is 1. The molecule has 0 bridgehead atoms. The van der Waals surface area contributed by atoms with E-state index in [9.17, 15) is 14.1 Å². The largest absolute Gasteiger partial charge is 0.384 e. The highest BCUT2D eigenvalue weighted by Gasteiger charge is 2.44. The summed E-state index contributed by atoms with van der Waals surface area (Å²) >= 11 is 3.35. The molecule has 0 aliphatic heterocycles. The summed E-state index contributed by atoms with van der Waals surface area (Å²) in [6, 6.07) is 7.45. The quantitative estimate of drug-likeness (QED) is 0.829. The smallest absolute Gasteiger partial charge is 0.169 e. The third kappa shape index (κ3) is 3.52. The Morgan fingerprint density at radius 3 is 2.52 bits per heavy atom. The van der Waals surface area contributed by atoms with Crippen LogP contribution in [0.5, 0.6) is 0 Å². The second kappa shape index (κ2) is 6.55. The molecule has 1 N–H and O–H groups in total. The highest BCUT2D eigenvalue weighted by molar-refractivity contribution is 9.10. The Morgan fingerprint density at radius 2 is 1.95 bits per heavy atom. The van der Waals surface area contributed by atoms with Crippen LogP contribution in [0.15, 0.2) is 41.3 Å². The molecule has 0 radical (unpaired) electrons. The Morgan fingerprint density at radius 1 is 1.33 bits per heavy atom. The Balaban J connectivity index is 2.23. The predicted molar refractivity (Wildman–Crippen MR) is 88.0 cm³/mol. The van der Waals surface area contributed by atoms with Crippen LogP contribution in [-0.2, 0) is 15.6 Å². The zero-order chi connectivity index (χ0) is 15.6. The van der Waals surface area contributed by atoms with Crippen LogP contribution in [0.1, 0.15) is 18.9 Å². The number of aliphatic hydroxyl groups is 1. The fourth-order valence-electron chi connectivity index (χ4n) is 2.59. The van der Waals surface area contributed by atoms with Gasteiger partial charge in [-0.1, -0.05) is 40.5 Å². The van der Waals surface area contributed by atoms with Crippen molar-refractivity contribution in [1.29, 1.82) is 0 Å². The summed E-state index contributed by atoms with van der Waals surface area (Å²) in [6.45, 7) is 3.89. The van der Waals surface area contributed by atoms with Gasteiger partial charge in [-0.3, -0.25) is 9.00 Å². The Kier molecular flexibility index (Phi) is 5.17. The molecule has 3 nitrogen and oxygen atoms in total. The van der Waals surface area contributed by atoms with E-state index in [-0.39, 0.29) is 17.5 Å². The standard InChI is InChI=1S/C16H19BrO3S/c1-3-13-15(17)14(18)8-9-16(13,19)10-21(20)12-6-4-11(2)5-7-12/h4-9,13,15,19H,3,10H2,1-2H3/t13-,15?,16-,21+/m0/s1. The van der Waals surface area contributed by atoms with Gasteiger partial charge in [0.2, 0.25) is 0 Å². The van der Waals surface area contributed by atoms with Gasteiger partial charge in [-0.05, 0) is 37.6 Å². The summed E-state index contributed by atoms with van der Waals surface area (Å²) in [7, 11) is -1.31. The molecule has 21 heavy (non-hydrogen) atoms. The number of aryl methyl sites for hydroxylation is 1. The molecule has 114 valence electrons. The fourth-order valence-corrected chi connectivity index (χ4v) is 4.91. The number of alkyl halides is 1. The van der Waals surface area contributed by atoms with Crippen molar-refractivity contribution in [3.8, 4) is 0 Å². The van der Waals surface area contributed by atoms with E-state index in [4.69, 9.17) is 0 Å². The van der Waals surface area contributed by atoms with Gasteiger partial charge >= 0.3 is 0 Å². The van der Waals surface area contributed by atoms with Crippen molar-refractivity contribution in [2.24, 2.45) is 5.92 Å². The van der Waals surface area contributed by atoms with E-state index in [2.05, 4.69) is 15.9 Å². The fraction of sp³-hybridized carbons (Fsp3) is 0.438. The van der Waals surface area contributed by atoms with Crippen molar-refractivity contribution in [3.63, 3.8) is 0 Å². The Bertz CT molecular complexity index is 582. The summed E-state index contributed by atoms with van der Waals surface area (Å²) in [5.74, 6) is -0.225. The van der Waals surface area contributed by atoms with Crippen molar-refractivity contribution in [3.05, 3.63) is 42.0 Å². The molecule has 2 rings (SSSR count). The van der Waals surface area contributed by atoms with Gasteiger partial charge in [0, 0.05) is 10.8 Å². The van der Waals surface area contributed by atoms with Crippen molar-refractivity contribution in [1.82, 2.24) is 0 Å². The summed E-state index contributed by atoms with van der Waals surface area (Å²) in [5.41, 5.74) is -0.128. The molecule has 1 aromatic carbocycles. The lowest BCUT2D eigenvalue weighted by Gasteiger charge is -2.37. The minimum Gasteiger partial charge on any atom is -0.384 e. The van der Waals surface area contributed by atoms with Gasteiger partial charge in [-0.2, -0.15) is 0 Å². The van der Waals surface area contributed by atoms with E-state index in [0.29, 0.717) is 11.3 Å². The van der Waals surface area contributed by atoms with Gasteiger partial charge in [-0.15, -0.1) is 0 Å². The van der Waals surface area contributed by atoms with Gasteiger partial charge in [0.05, 0.1) is 27.0 Å². The van der Waals surface area contributed by atoms with Crippen LogP contribution in [0.2, 0.25) is 0 Å². The zero-order valence-corrected chi connectivity index (χ0v) is 14.5. The zero-order valence-electron chi connectivity index (χ0n) is 12.1. The maximum atomic E-state index is 12.5. The van der Waals surface area contributed by atoms with Crippen molar-refractivity contribution in [2.45, 2.75) is 35.6 Å². The first-order valence-corrected chi connectivity index (χ1v) is 9.15. The molecule has 5 heteroatoms. The van der Waals surface area contributed by atoms with Crippen molar-refractivity contribution >= 4 is 32.5 Å². The van der Waals surface area contributed by atoms with Crippen LogP contribution >= 0.6 is 15.9 Å². The lowest BCUT2D eigenvalue weighted by atomic mass is 9.79. The molecule has 0 aromatic heterocycles. The molecule has 1 aliphatic rings. The van der Waals surface area contributed by atoms with E-state index in [0.717, 1.165) is 5.56 Å². The average molecular weight is 371 g/mol. The summed E-state index contributed by atoms with van der Waals surface area (Å²) in [6.07, 6.45) is 3.53. The third-order valence-corrected chi connectivity index (χ3v) is 6.50. The van der Waals surface area contributed by atoms with E-state index in [1.54, 1.807) is 0 Å². The van der Waals surface area contributed by atoms with Gasteiger partial charge < -0.3 is 5.11 Å². The van der Waals surface area contributed by atoms with Crippen LogP contribution in [0.3, 0.4) is 0 Å². The molecule has 0 heterocycles. The van der Waals surface area contributed by atoms with Crippen LogP contribution in [0.25, 0.3) is 0 Å². The van der Waals surface area contributed by atoms with Gasteiger partial charge in [0.1, 0.15) is 0 Å². The SMILES string of the molecule is CC[C@H]1C(Br)C(=O)C=C[C@]1(O)C[S@@](=O)c1ccc(C)cc1. The maximum absolute atomic E-state index is 12.5. The second-order valence-electron chi connectivity index (χ2n) is 5.45. The topological polar surface area (TPSA) is 54.4 Å². The first kappa shape index (κ1) is 16.6. The monoisotopic (exact) mass is 370 g/mol. The molecule has 0 amide bonds. The Hall–Kier alpha value is -0.780. The second-order valence-corrected chi connectivity index (χ2v) is 7.88. The lowest BCUT2D eigenvalue weighted by Crippen LogP contribution is -2.49. The van der Waals surface area contributed by atoms with Crippen LogP contribution in [0.4, 0.5) is 0 Å². The van der Waals surface area contributed by atoms with Crippen LogP contribution in [-0.4, -0.2) is 31.3 Å². The summed E-state index contributed by atoms with van der Waals surface area (Å²) in [4.78, 5) is 12.0. The Labute approximate surface area is 136 Å². The molecule has 1 aliphatic carbocycles. The first-order chi connectivity index (χ1) is 9.87. The van der Waals surface area contributed by atoms with Gasteiger partial charge in [0.25, 0.3) is 0 Å². The first-order valence-electron chi connectivity index (χ1n) is 6.92. The summed E-state index contributed by atoms with van der Waals surface area (Å²) in [5, 5.41) is 10.8.